The Morgan fingerprint density at radius 1 is 1.17 bits per heavy atom. The molecule has 154 valence electrons. The van der Waals surface area contributed by atoms with E-state index >= 15 is 0 Å². The van der Waals surface area contributed by atoms with E-state index in [1.54, 1.807) is 10.9 Å². The molecule has 0 bridgehead atoms. The largest absolute Gasteiger partial charge is 0.352 e. The summed E-state index contributed by atoms with van der Waals surface area (Å²) in [6, 6.07) is 9.73. The van der Waals surface area contributed by atoms with Crippen molar-refractivity contribution in [3.8, 4) is 0 Å². The number of hydrogen-bond donors (Lipinski definition) is 2. The van der Waals surface area contributed by atoms with Gasteiger partial charge in [0.25, 0.3) is 0 Å². The average molecular weight is 415 g/mol. The zero-order valence-electron chi connectivity index (χ0n) is 16.5. The van der Waals surface area contributed by atoms with Crippen molar-refractivity contribution in [3.63, 3.8) is 0 Å². The van der Waals surface area contributed by atoms with Crippen molar-refractivity contribution in [1.82, 2.24) is 24.8 Å². The first kappa shape index (κ1) is 19.8. The predicted molar refractivity (Wildman–Crippen MR) is 113 cm³/mol. The van der Waals surface area contributed by atoms with Crippen LogP contribution in [0.15, 0.2) is 43.0 Å². The molecule has 1 aliphatic rings. The average Bonchev–Trinajstić information content (AvgIpc) is 3.13. The molecule has 1 saturated heterocycles. The fourth-order valence-corrected chi connectivity index (χ4v) is 5.79. The standard InChI is InChI=1S/C20H26N6O2S/c1-26-14-24-17-18(22-13-23-19(17)26)25-20(16-7-10-21-11-8-16)29(27,28)12-9-15-5-3-2-4-6-15/h2-6,13-14,16,20-21H,7-12H2,1H3,(H,22,23,25). The van der Waals surface area contributed by atoms with Crippen molar-refractivity contribution >= 4 is 26.8 Å². The second-order valence-corrected chi connectivity index (χ2v) is 9.75. The van der Waals surface area contributed by atoms with Crippen molar-refractivity contribution in [2.45, 2.75) is 24.6 Å². The summed E-state index contributed by atoms with van der Waals surface area (Å²) in [6.07, 6.45) is 5.21. The number of nitrogens with one attached hydrogen (secondary N) is 2. The van der Waals surface area contributed by atoms with Gasteiger partial charge in [0.1, 0.15) is 17.2 Å². The fraction of sp³-hybridized carbons (Fsp3) is 0.450. The number of fused-ring (bicyclic) bond motifs is 1. The normalized spacial score (nSPS) is 16.7. The summed E-state index contributed by atoms with van der Waals surface area (Å²) in [5.41, 5.74) is 2.29. The summed E-state index contributed by atoms with van der Waals surface area (Å²) in [7, 11) is -1.56. The number of aromatic nitrogens is 4. The quantitative estimate of drug-likeness (QED) is 0.607. The smallest absolute Gasteiger partial charge is 0.171 e. The molecule has 8 nitrogen and oxygen atoms in total. The molecule has 0 spiro atoms. The topological polar surface area (TPSA) is 102 Å². The van der Waals surface area contributed by atoms with Crippen molar-refractivity contribution in [2.24, 2.45) is 13.0 Å². The maximum atomic E-state index is 13.4. The molecule has 2 aromatic heterocycles. The molecule has 1 aliphatic heterocycles. The maximum absolute atomic E-state index is 13.4. The lowest BCUT2D eigenvalue weighted by Crippen LogP contribution is -2.43. The van der Waals surface area contributed by atoms with Gasteiger partial charge in [0.05, 0.1) is 12.1 Å². The van der Waals surface area contributed by atoms with Crippen LogP contribution in [0.25, 0.3) is 11.2 Å². The van der Waals surface area contributed by atoms with E-state index in [1.807, 2.05) is 37.4 Å². The Morgan fingerprint density at radius 2 is 1.93 bits per heavy atom. The molecule has 9 heteroatoms. The van der Waals surface area contributed by atoms with Crippen LogP contribution in [-0.2, 0) is 23.3 Å². The van der Waals surface area contributed by atoms with Crippen LogP contribution in [0, 0.1) is 5.92 Å². The number of hydrogen-bond acceptors (Lipinski definition) is 7. The summed E-state index contributed by atoms with van der Waals surface area (Å²) in [5.74, 6) is 0.586. The molecule has 1 atom stereocenters. The minimum atomic E-state index is -3.41. The van der Waals surface area contributed by atoms with Crippen LogP contribution in [0.1, 0.15) is 18.4 Å². The molecule has 1 aromatic carbocycles. The summed E-state index contributed by atoms with van der Waals surface area (Å²) in [4.78, 5) is 12.9. The number of sulfone groups is 1. The molecule has 4 rings (SSSR count). The molecule has 0 amide bonds. The fourth-order valence-electron chi connectivity index (χ4n) is 3.87. The van der Waals surface area contributed by atoms with Gasteiger partial charge in [-0.2, -0.15) is 0 Å². The zero-order chi connectivity index (χ0) is 20.3. The molecule has 0 aliphatic carbocycles. The third-order valence-electron chi connectivity index (χ3n) is 5.49. The summed E-state index contributed by atoms with van der Waals surface area (Å²) >= 11 is 0. The first-order valence-corrected chi connectivity index (χ1v) is 11.6. The minimum absolute atomic E-state index is 0.0192. The summed E-state index contributed by atoms with van der Waals surface area (Å²) < 4.78 is 28.6. The number of anilines is 1. The number of imidazole rings is 1. The van der Waals surface area contributed by atoms with Crippen molar-refractivity contribution in [3.05, 3.63) is 48.5 Å². The Bertz CT molecular complexity index is 1060. The summed E-state index contributed by atoms with van der Waals surface area (Å²) in [5, 5.41) is 5.85. The monoisotopic (exact) mass is 414 g/mol. The van der Waals surface area contributed by atoms with Crippen LogP contribution in [0.4, 0.5) is 5.82 Å². The third-order valence-corrected chi connectivity index (χ3v) is 7.54. The van der Waals surface area contributed by atoms with Gasteiger partial charge in [-0.05, 0) is 43.8 Å². The van der Waals surface area contributed by atoms with Gasteiger partial charge in [0.15, 0.2) is 21.3 Å². The van der Waals surface area contributed by atoms with Crippen LogP contribution in [0.2, 0.25) is 0 Å². The number of nitrogens with zero attached hydrogens (tertiary/aromatic N) is 4. The van der Waals surface area contributed by atoms with Gasteiger partial charge in [0.2, 0.25) is 0 Å². The van der Waals surface area contributed by atoms with Crippen molar-refractivity contribution < 1.29 is 8.42 Å². The molecule has 29 heavy (non-hydrogen) atoms. The van der Waals surface area contributed by atoms with Gasteiger partial charge in [-0.25, -0.2) is 23.4 Å². The lowest BCUT2D eigenvalue weighted by Gasteiger charge is -2.31. The van der Waals surface area contributed by atoms with Gasteiger partial charge in [0, 0.05) is 7.05 Å². The molecule has 3 aromatic rings. The van der Waals surface area contributed by atoms with E-state index in [0.717, 1.165) is 31.5 Å². The molecule has 1 fully saturated rings. The Kier molecular flexibility index (Phi) is 5.77. The molecule has 2 N–H and O–H groups in total. The molecule has 0 saturated carbocycles. The predicted octanol–water partition coefficient (Wildman–Crippen LogP) is 1.76. The van der Waals surface area contributed by atoms with E-state index in [4.69, 9.17) is 0 Å². The van der Waals surface area contributed by atoms with Gasteiger partial charge in [-0.15, -0.1) is 0 Å². The van der Waals surface area contributed by atoms with E-state index in [0.29, 0.717) is 23.4 Å². The highest BCUT2D eigenvalue weighted by atomic mass is 32.2. The highest BCUT2D eigenvalue weighted by molar-refractivity contribution is 7.92. The van der Waals surface area contributed by atoms with Gasteiger partial charge >= 0.3 is 0 Å². The number of benzene rings is 1. The van der Waals surface area contributed by atoms with E-state index < -0.39 is 15.2 Å². The second kappa shape index (κ2) is 8.46. The number of rotatable bonds is 7. The molecular weight excluding hydrogens is 388 g/mol. The lowest BCUT2D eigenvalue weighted by atomic mass is 9.98. The number of aryl methyl sites for hydroxylation is 2. The Morgan fingerprint density at radius 3 is 2.69 bits per heavy atom. The van der Waals surface area contributed by atoms with E-state index in [9.17, 15) is 8.42 Å². The third kappa shape index (κ3) is 4.40. The Labute approximate surface area is 170 Å². The molecule has 3 heterocycles. The van der Waals surface area contributed by atoms with Crippen LogP contribution in [-0.4, -0.2) is 52.2 Å². The number of piperidine rings is 1. The van der Waals surface area contributed by atoms with Crippen LogP contribution < -0.4 is 10.6 Å². The zero-order valence-corrected chi connectivity index (χ0v) is 17.3. The van der Waals surface area contributed by atoms with Crippen LogP contribution in [0.5, 0.6) is 0 Å². The first-order chi connectivity index (χ1) is 14.0. The van der Waals surface area contributed by atoms with E-state index in [2.05, 4.69) is 25.6 Å². The van der Waals surface area contributed by atoms with Gasteiger partial charge in [-0.3, -0.25) is 0 Å². The SMILES string of the molecule is Cn1cnc2c(NC(C3CCNCC3)S(=O)(=O)CCc3ccccc3)ncnc21. The van der Waals surface area contributed by atoms with Crippen molar-refractivity contribution in [2.75, 3.05) is 24.2 Å². The highest BCUT2D eigenvalue weighted by Crippen LogP contribution is 2.27. The van der Waals surface area contributed by atoms with Crippen molar-refractivity contribution in [1.29, 1.82) is 0 Å². The highest BCUT2D eigenvalue weighted by Gasteiger charge is 2.34. The second-order valence-electron chi connectivity index (χ2n) is 7.50. The van der Waals surface area contributed by atoms with E-state index in [-0.39, 0.29) is 11.7 Å². The maximum Gasteiger partial charge on any atom is 0.171 e. The molecule has 1 unspecified atom stereocenters. The lowest BCUT2D eigenvalue weighted by molar-refractivity contribution is 0.367. The minimum Gasteiger partial charge on any atom is -0.352 e. The Balaban J connectivity index is 1.62. The first-order valence-electron chi connectivity index (χ1n) is 9.89. The summed E-state index contributed by atoms with van der Waals surface area (Å²) in [6.45, 7) is 1.64. The van der Waals surface area contributed by atoms with Gasteiger partial charge in [-0.1, -0.05) is 30.3 Å². The molecular formula is C20H26N6O2S. The van der Waals surface area contributed by atoms with Crippen LogP contribution in [0.3, 0.4) is 0 Å². The Hall–Kier alpha value is -2.52. The van der Waals surface area contributed by atoms with Gasteiger partial charge < -0.3 is 15.2 Å². The molecule has 0 radical (unpaired) electrons. The van der Waals surface area contributed by atoms with E-state index in [1.165, 1.54) is 6.33 Å². The van der Waals surface area contributed by atoms with Crippen LogP contribution >= 0.6 is 0 Å².